The minimum absolute atomic E-state index is 0. The second-order valence-electron chi connectivity index (χ2n) is 2.60. The average molecular weight is 194 g/mol. The van der Waals surface area contributed by atoms with Gasteiger partial charge >= 0.3 is 0 Å². The number of nitrogens with one attached hydrogen (secondary N) is 1. The molecule has 2 aromatic rings. The molecule has 0 saturated carbocycles. The van der Waals surface area contributed by atoms with Gasteiger partial charge in [0.15, 0.2) is 0 Å². The molecule has 7 heteroatoms. The first-order valence-electron chi connectivity index (χ1n) is 3.67. The van der Waals surface area contributed by atoms with Crippen molar-refractivity contribution in [1.82, 2.24) is 20.6 Å². The Balaban J connectivity index is 0.000000845. The Morgan fingerprint density at radius 3 is 2.57 bits per heavy atom. The zero-order chi connectivity index (χ0) is 8.39. The molecule has 6 nitrogen and oxygen atoms in total. The van der Waals surface area contributed by atoms with Gasteiger partial charge in [0.05, 0.1) is 0 Å². The first kappa shape index (κ1) is 12.3. The number of benzene rings is 1. The van der Waals surface area contributed by atoms with E-state index in [-0.39, 0.29) is 11.0 Å². The SMILES string of the molecule is Bc1cccc(-c2nn[nH]n2)c1.O.O. The van der Waals surface area contributed by atoms with E-state index in [1.807, 2.05) is 32.1 Å². The molecule has 1 heterocycles. The van der Waals surface area contributed by atoms with E-state index in [0.29, 0.717) is 5.82 Å². The van der Waals surface area contributed by atoms with Crippen LogP contribution in [0.2, 0.25) is 0 Å². The molecule has 14 heavy (non-hydrogen) atoms. The van der Waals surface area contributed by atoms with Crippen molar-refractivity contribution < 1.29 is 11.0 Å². The van der Waals surface area contributed by atoms with Crippen LogP contribution in [0.4, 0.5) is 0 Å². The summed E-state index contributed by atoms with van der Waals surface area (Å²) >= 11 is 0. The summed E-state index contributed by atoms with van der Waals surface area (Å²) in [6.07, 6.45) is 0. The molecular formula is C7H11BN4O2. The maximum Gasteiger partial charge on any atom is 0.204 e. The number of hydrogen-bond acceptors (Lipinski definition) is 3. The van der Waals surface area contributed by atoms with Gasteiger partial charge in [0, 0.05) is 5.56 Å². The van der Waals surface area contributed by atoms with E-state index in [1.165, 1.54) is 5.46 Å². The standard InChI is InChI=1S/C7H7BN4.2H2O/c8-6-3-1-2-5(4-6)7-9-11-12-10-7;;/h1-4H,8H2,(H,9,10,11,12);2*1H2. The largest absolute Gasteiger partial charge is 0.412 e. The maximum absolute atomic E-state index is 3.88. The van der Waals surface area contributed by atoms with Gasteiger partial charge in [-0.15, -0.1) is 10.2 Å². The molecule has 2 rings (SSSR count). The van der Waals surface area contributed by atoms with Gasteiger partial charge in [0.2, 0.25) is 5.82 Å². The molecule has 0 aliphatic carbocycles. The third kappa shape index (κ3) is 2.38. The van der Waals surface area contributed by atoms with Crippen LogP contribution in [0.25, 0.3) is 11.4 Å². The van der Waals surface area contributed by atoms with Crippen LogP contribution >= 0.6 is 0 Å². The fraction of sp³-hybridized carbons (Fsp3) is 0. The lowest BCUT2D eigenvalue weighted by molar-refractivity contribution is 0.823. The van der Waals surface area contributed by atoms with Crippen molar-refractivity contribution in [3.8, 4) is 11.4 Å². The summed E-state index contributed by atoms with van der Waals surface area (Å²) in [5, 5.41) is 13.7. The number of aromatic amines is 1. The summed E-state index contributed by atoms with van der Waals surface area (Å²) in [6.45, 7) is 0. The number of aromatic nitrogens is 4. The van der Waals surface area contributed by atoms with E-state index in [2.05, 4.69) is 20.6 Å². The molecule has 0 saturated heterocycles. The van der Waals surface area contributed by atoms with E-state index in [4.69, 9.17) is 0 Å². The topological polar surface area (TPSA) is 117 Å². The zero-order valence-corrected chi connectivity index (χ0v) is 7.65. The number of rotatable bonds is 1. The van der Waals surface area contributed by atoms with Crippen molar-refractivity contribution in [2.24, 2.45) is 0 Å². The van der Waals surface area contributed by atoms with Gasteiger partial charge in [0.25, 0.3) is 0 Å². The molecule has 0 fully saturated rings. The monoisotopic (exact) mass is 194 g/mol. The molecule has 0 aliphatic heterocycles. The summed E-state index contributed by atoms with van der Waals surface area (Å²) in [7, 11) is 2.03. The Labute approximate surface area is 81.4 Å². The van der Waals surface area contributed by atoms with Crippen LogP contribution < -0.4 is 5.46 Å². The van der Waals surface area contributed by atoms with Crippen molar-refractivity contribution in [3.05, 3.63) is 24.3 Å². The van der Waals surface area contributed by atoms with Crippen LogP contribution in [0.3, 0.4) is 0 Å². The van der Waals surface area contributed by atoms with Crippen LogP contribution in [-0.4, -0.2) is 39.4 Å². The minimum atomic E-state index is 0. The predicted octanol–water partition coefficient (Wildman–Crippen LogP) is -2.52. The van der Waals surface area contributed by atoms with Gasteiger partial charge in [-0.25, -0.2) is 0 Å². The van der Waals surface area contributed by atoms with Gasteiger partial charge in [-0.2, -0.15) is 5.21 Å². The van der Waals surface area contributed by atoms with Crippen LogP contribution in [0.5, 0.6) is 0 Å². The van der Waals surface area contributed by atoms with E-state index < -0.39 is 0 Å². The van der Waals surface area contributed by atoms with E-state index in [9.17, 15) is 0 Å². The Kier molecular flexibility index (Phi) is 4.47. The van der Waals surface area contributed by atoms with Crippen LogP contribution in [0, 0.1) is 0 Å². The van der Waals surface area contributed by atoms with Gasteiger partial charge in [-0.3, -0.25) is 0 Å². The highest BCUT2D eigenvalue weighted by Gasteiger charge is 2.00. The van der Waals surface area contributed by atoms with Crippen molar-refractivity contribution >= 4 is 13.3 Å². The Bertz CT molecular complexity index is 379. The third-order valence-corrected chi connectivity index (χ3v) is 1.62. The molecule has 1 aromatic heterocycles. The fourth-order valence-electron chi connectivity index (χ4n) is 1.07. The summed E-state index contributed by atoms with van der Waals surface area (Å²) in [4.78, 5) is 0. The van der Waals surface area contributed by atoms with Crippen LogP contribution in [0.1, 0.15) is 0 Å². The highest BCUT2D eigenvalue weighted by atomic mass is 16.0. The second kappa shape index (κ2) is 5.10. The van der Waals surface area contributed by atoms with Crippen LogP contribution in [0.15, 0.2) is 24.3 Å². The van der Waals surface area contributed by atoms with Crippen molar-refractivity contribution in [3.63, 3.8) is 0 Å². The van der Waals surface area contributed by atoms with Crippen molar-refractivity contribution in [2.75, 3.05) is 0 Å². The molecule has 0 radical (unpaired) electrons. The number of nitrogens with zero attached hydrogens (tertiary/aromatic N) is 3. The Morgan fingerprint density at radius 2 is 2.00 bits per heavy atom. The molecular weight excluding hydrogens is 183 g/mol. The maximum atomic E-state index is 3.88. The minimum Gasteiger partial charge on any atom is -0.412 e. The molecule has 0 amide bonds. The molecule has 0 spiro atoms. The molecule has 0 aliphatic rings. The Morgan fingerprint density at radius 1 is 1.21 bits per heavy atom. The lowest BCUT2D eigenvalue weighted by Crippen LogP contribution is -2.00. The first-order valence-corrected chi connectivity index (χ1v) is 3.67. The summed E-state index contributed by atoms with van der Waals surface area (Å²) in [5.41, 5.74) is 2.18. The summed E-state index contributed by atoms with van der Waals surface area (Å²) in [5.74, 6) is 0.638. The normalized spacial score (nSPS) is 8.57. The quantitative estimate of drug-likeness (QED) is 0.504. The Hall–Kier alpha value is -1.73. The van der Waals surface area contributed by atoms with E-state index >= 15 is 0 Å². The van der Waals surface area contributed by atoms with Crippen molar-refractivity contribution in [2.45, 2.75) is 0 Å². The van der Waals surface area contributed by atoms with E-state index in [0.717, 1.165) is 5.56 Å². The molecule has 0 unspecified atom stereocenters. The van der Waals surface area contributed by atoms with Crippen molar-refractivity contribution in [1.29, 1.82) is 0 Å². The zero-order valence-electron chi connectivity index (χ0n) is 7.65. The lowest BCUT2D eigenvalue weighted by Gasteiger charge is -1.94. The molecule has 5 N–H and O–H groups in total. The number of tetrazole rings is 1. The summed E-state index contributed by atoms with van der Waals surface area (Å²) in [6, 6.07) is 7.98. The number of H-pyrrole nitrogens is 1. The molecule has 74 valence electrons. The average Bonchev–Trinajstić information content (AvgIpc) is 2.56. The highest BCUT2D eigenvalue weighted by molar-refractivity contribution is 6.32. The van der Waals surface area contributed by atoms with Gasteiger partial charge in [0.1, 0.15) is 7.85 Å². The van der Waals surface area contributed by atoms with Gasteiger partial charge in [-0.1, -0.05) is 29.7 Å². The molecule has 0 bridgehead atoms. The molecule has 1 aromatic carbocycles. The van der Waals surface area contributed by atoms with E-state index in [1.54, 1.807) is 0 Å². The van der Waals surface area contributed by atoms with Gasteiger partial charge < -0.3 is 11.0 Å². The van der Waals surface area contributed by atoms with Crippen LogP contribution in [-0.2, 0) is 0 Å². The summed E-state index contributed by atoms with van der Waals surface area (Å²) < 4.78 is 0. The molecule has 0 atom stereocenters. The smallest absolute Gasteiger partial charge is 0.204 e. The fourth-order valence-corrected chi connectivity index (χ4v) is 1.07. The third-order valence-electron chi connectivity index (χ3n) is 1.62. The van der Waals surface area contributed by atoms with Gasteiger partial charge in [-0.05, 0) is 5.21 Å². The highest BCUT2D eigenvalue weighted by Crippen LogP contribution is 2.09. The predicted molar refractivity (Wildman–Crippen MR) is 55.0 cm³/mol. The first-order chi connectivity index (χ1) is 5.86. The lowest BCUT2D eigenvalue weighted by atomic mass is 9.94. The number of hydrogen-bond donors (Lipinski definition) is 1. The second-order valence-corrected chi connectivity index (χ2v) is 2.60.